The van der Waals surface area contributed by atoms with E-state index in [9.17, 15) is 14.7 Å². The Labute approximate surface area is 104 Å². The molecule has 0 aliphatic heterocycles. The number of nitrogens with one attached hydrogen (secondary N) is 2. The van der Waals surface area contributed by atoms with E-state index in [1.165, 1.54) is 32.3 Å². The monoisotopic (exact) mass is 250 g/mol. The van der Waals surface area contributed by atoms with E-state index in [4.69, 9.17) is 5.11 Å². The van der Waals surface area contributed by atoms with Crippen molar-refractivity contribution in [3.05, 3.63) is 29.3 Å². The number of likely N-dealkylation sites (N-methyl/N-ethyl adjacent to an activating group) is 2. The zero-order valence-corrected chi connectivity index (χ0v) is 10.0. The van der Waals surface area contributed by atoms with Crippen LogP contribution in [0.4, 0.5) is 0 Å². The summed E-state index contributed by atoms with van der Waals surface area (Å²) in [5, 5.41) is 23.4. The SMILES string of the molecule is CNC(=O)C(=Cc1ccc(O)cc1O)C(=O)NC. The zero-order valence-electron chi connectivity index (χ0n) is 10.0. The van der Waals surface area contributed by atoms with Gasteiger partial charge in [0.15, 0.2) is 0 Å². The van der Waals surface area contributed by atoms with Crippen molar-refractivity contribution in [2.45, 2.75) is 0 Å². The molecule has 18 heavy (non-hydrogen) atoms. The van der Waals surface area contributed by atoms with E-state index in [-0.39, 0.29) is 22.6 Å². The molecule has 0 aromatic heterocycles. The van der Waals surface area contributed by atoms with Gasteiger partial charge in [0.05, 0.1) is 0 Å². The first-order valence-corrected chi connectivity index (χ1v) is 5.17. The summed E-state index contributed by atoms with van der Waals surface area (Å²) >= 11 is 0. The van der Waals surface area contributed by atoms with E-state index < -0.39 is 11.8 Å². The van der Waals surface area contributed by atoms with Crippen molar-refractivity contribution in [1.29, 1.82) is 0 Å². The fourth-order valence-electron chi connectivity index (χ4n) is 1.31. The molecule has 0 spiro atoms. The fraction of sp³-hybridized carbons (Fsp3) is 0.167. The molecule has 1 rings (SSSR count). The van der Waals surface area contributed by atoms with Gasteiger partial charge < -0.3 is 20.8 Å². The molecule has 96 valence electrons. The third-order valence-corrected chi connectivity index (χ3v) is 2.26. The third kappa shape index (κ3) is 3.00. The minimum atomic E-state index is -0.568. The lowest BCUT2D eigenvalue weighted by Crippen LogP contribution is -2.31. The van der Waals surface area contributed by atoms with Crippen molar-refractivity contribution in [3.8, 4) is 11.5 Å². The Hall–Kier alpha value is -2.50. The number of aromatic hydroxyl groups is 2. The Balaban J connectivity index is 3.23. The van der Waals surface area contributed by atoms with Crippen LogP contribution < -0.4 is 10.6 Å². The van der Waals surface area contributed by atoms with Crippen molar-refractivity contribution < 1.29 is 19.8 Å². The molecule has 4 N–H and O–H groups in total. The first kappa shape index (κ1) is 13.6. The first-order valence-electron chi connectivity index (χ1n) is 5.17. The number of hydrogen-bond donors (Lipinski definition) is 4. The van der Waals surface area contributed by atoms with Crippen molar-refractivity contribution >= 4 is 17.9 Å². The van der Waals surface area contributed by atoms with Crippen molar-refractivity contribution in [1.82, 2.24) is 10.6 Å². The van der Waals surface area contributed by atoms with E-state index in [0.717, 1.165) is 6.07 Å². The molecule has 0 unspecified atom stereocenters. The van der Waals surface area contributed by atoms with Crippen molar-refractivity contribution in [3.63, 3.8) is 0 Å². The van der Waals surface area contributed by atoms with Crippen LogP contribution >= 0.6 is 0 Å². The van der Waals surface area contributed by atoms with E-state index in [0.29, 0.717) is 0 Å². The summed E-state index contributed by atoms with van der Waals surface area (Å²) in [6, 6.07) is 3.87. The Bertz CT molecular complexity index is 491. The molecular formula is C12H14N2O4. The summed E-state index contributed by atoms with van der Waals surface area (Å²) < 4.78 is 0. The average molecular weight is 250 g/mol. The minimum Gasteiger partial charge on any atom is -0.508 e. The zero-order chi connectivity index (χ0) is 13.7. The Morgan fingerprint density at radius 1 is 1.11 bits per heavy atom. The Morgan fingerprint density at radius 3 is 2.11 bits per heavy atom. The highest BCUT2D eigenvalue weighted by Crippen LogP contribution is 2.24. The van der Waals surface area contributed by atoms with Gasteiger partial charge in [-0.15, -0.1) is 0 Å². The van der Waals surface area contributed by atoms with Gasteiger partial charge in [-0.25, -0.2) is 0 Å². The molecular weight excluding hydrogens is 236 g/mol. The van der Waals surface area contributed by atoms with Crippen LogP contribution in [0.15, 0.2) is 23.8 Å². The smallest absolute Gasteiger partial charge is 0.256 e. The lowest BCUT2D eigenvalue weighted by atomic mass is 10.1. The van der Waals surface area contributed by atoms with Crippen LogP contribution in [-0.2, 0) is 9.59 Å². The van der Waals surface area contributed by atoms with Gasteiger partial charge in [-0.05, 0) is 18.2 Å². The van der Waals surface area contributed by atoms with Gasteiger partial charge in [-0.3, -0.25) is 9.59 Å². The molecule has 0 aliphatic rings. The van der Waals surface area contributed by atoms with Crippen LogP contribution in [0.2, 0.25) is 0 Å². The van der Waals surface area contributed by atoms with Crippen LogP contribution in [0.5, 0.6) is 11.5 Å². The summed E-state index contributed by atoms with van der Waals surface area (Å²) in [6.45, 7) is 0. The number of carbonyl (C=O) groups excluding carboxylic acids is 2. The predicted molar refractivity (Wildman–Crippen MR) is 65.9 cm³/mol. The molecule has 6 nitrogen and oxygen atoms in total. The summed E-state index contributed by atoms with van der Waals surface area (Å²) in [5.74, 6) is -1.46. The number of hydrogen-bond acceptors (Lipinski definition) is 4. The predicted octanol–water partition coefficient (Wildman–Crippen LogP) is -0.0268. The molecule has 0 heterocycles. The van der Waals surface area contributed by atoms with Crippen molar-refractivity contribution in [2.24, 2.45) is 0 Å². The van der Waals surface area contributed by atoms with Gasteiger partial charge in [0, 0.05) is 25.7 Å². The van der Waals surface area contributed by atoms with Crippen LogP contribution in [0.25, 0.3) is 6.08 Å². The van der Waals surface area contributed by atoms with Gasteiger partial charge in [0.1, 0.15) is 17.1 Å². The normalized spacial score (nSPS) is 9.44. The van der Waals surface area contributed by atoms with Crippen LogP contribution in [-0.4, -0.2) is 36.1 Å². The second-order valence-electron chi connectivity index (χ2n) is 3.46. The van der Waals surface area contributed by atoms with E-state index in [1.54, 1.807) is 0 Å². The number of amides is 2. The van der Waals surface area contributed by atoms with Gasteiger partial charge in [-0.1, -0.05) is 0 Å². The molecule has 0 saturated heterocycles. The summed E-state index contributed by atoms with van der Waals surface area (Å²) in [7, 11) is 2.80. The second-order valence-corrected chi connectivity index (χ2v) is 3.46. The van der Waals surface area contributed by atoms with Gasteiger partial charge in [0.2, 0.25) is 0 Å². The molecule has 0 radical (unpaired) electrons. The van der Waals surface area contributed by atoms with E-state index in [2.05, 4.69) is 10.6 Å². The minimum absolute atomic E-state index is 0.105. The lowest BCUT2D eigenvalue weighted by molar-refractivity contribution is -0.122. The second kappa shape index (κ2) is 5.72. The number of rotatable bonds is 3. The maximum absolute atomic E-state index is 11.5. The Kier molecular flexibility index (Phi) is 4.31. The van der Waals surface area contributed by atoms with Gasteiger partial charge in [0.25, 0.3) is 11.8 Å². The molecule has 0 aliphatic carbocycles. The highest BCUT2D eigenvalue weighted by molar-refractivity contribution is 6.21. The number of carbonyl (C=O) groups is 2. The van der Waals surface area contributed by atoms with Crippen LogP contribution in [0.1, 0.15) is 5.56 Å². The number of benzene rings is 1. The highest BCUT2D eigenvalue weighted by atomic mass is 16.3. The third-order valence-electron chi connectivity index (χ3n) is 2.26. The summed E-state index contributed by atoms with van der Waals surface area (Å²) in [4.78, 5) is 23.0. The highest BCUT2D eigenvalue weighted by Gasteiger charge is 2.16. The summed E-state index contributed by atoms with van der Waals surface area (Å²) in [5.41, 5.74) is 0.121. The quantitative estimate of drug-likeness (QED) is 0.344. The summed E-state index contributed by atoms with van der Waals surface area (Å²) in [6.07, 6.45) is 1.24. The standard InChI is InChI=1S/C12H14N2O4/c1-13-11(17)9(12(18)14-2)5-7-3-4-8(15)6-10(7)16/h3-6,15-16H,1-2H3,(H,13,17)(H,14,18). The van der Waals surface area contributed by atoms with Gasteiger partial charge in [-0.2, -0.15) is 0 Å². The van der Waals surface area contributed by atoms with Gasteiger partial charge >= 0.3 is 0 Å². The van der Waals surface area contributed by atoms with Crippen LogP contribution in [0.3, 0.4) is 0 Å². The molecule has 6 heteroatoms. The van der Waals surface area contributed by atoms with E-state index >= 15 is 0 Å². The number of phenols is 2. The molecule has 0 bridgehead atoms. The Morgan fingerprint density at radius 2 is 1.67 bits per heavy atom. The molecule has 0 saturated carbocycles. The molecule has 0 atom stereocenters. The molecule has 2 amide bonds. The maximum Gasteiger partial charge on any atom is 0.256 e. The van der Waals surface area contributed by atoms with E-state index in [1.807, 2.05) is 0 Å². The van der Waals surface area contributed by atoms with Crippen molar-refractivity contribution in [2.75, 3.05) is 14.1 Å². The average Bonchev–Trinajstić information content (AvgIpc) is 2.36. The maximum atomic E-state index is 11.5. The largest absolute Gasteiger partial charge is 0.508 e. The van der Waals surface area contributed by atoms with Crippen LogP contribution in [0, 0.1) is 0 Å². The topological polar surface area (TPSA) is 98.7 Å². The molecule has 1 aromatic carbocycles. The fourth-order valence-corrected chi connectivity index (χ4v) is 1.31. The number of phenolic OH excluding ortho intramolecular Hbond substituents is 2. The molecule has 0 fully saturated rings. The first-order chi connectivity index (χ1) is 8.49. The lowest BCUT2D eigenvalue weighted by Gasteiger charge is -2.06. The molecule has 1 aromatic rings.